The number of carbonyl (C=O) groups is 1. The van der Waals surface area contributed by atoms with Gasteiger partial charge in [-0.3, -0.25) is 9.48 Å². The predicted molar refractivity (Wildman–Crippen MR) is 77.3 cm³/mol. The first-order valence-electron chi connectivity index (χ1n) is 6.11. The van der Waals surface area contributed by atoms with Crippen LogP contribution in [0.3, 0.4) is 0 Å². The topological polar surface area (TPSA) is 72.9 Å². The Balaban J connectivity index is 1.97. The Labute approximate surface area is 116 Å². The van der Waals surface area contributed by atoms with E-state index in [2.05, 4.69) is 29.5 Å². The number of anilines is 1. The van der Waals surface area contributed by atoms with E-state index in [1.165, 1.54) is 14.4 Å². The maximum absolute atomic E-state index is 12.0. The van der Waals surface area contributed by atoms with E-state index in [9.17, 15) is 4.79 Å². The van der Waals surface area contributed by atoms with Gasteiger partial charge < -0.3 is 11.1 Å². The molecule has 0 aliphatic carbocycles. The lowest BCUT2D eigenvalue weighted by molar-refractivity contribution is 0.0935. The number of rotatable bonds is 4. The van der Waals surface area contributed by atoms with Crippen LogP contribution in [0.1, 0.15) is 27.2 Å². The van der Waals surface area contributed by atoms with E-state index < -0.39 is 0 Å². The molecular weight excluding hydrogens is 260 g/mol. The molecule has 0 bridgehead atoms. The lowest BCUT2D eigenvalue weighted by Gasteiger charge is -2.12. The third-order valence-corrected chi connectivity index (χ3v) is 3.78. The molecule has 0 radical (unpaired) electrons. The van der Waals surface area contributed by atoms with Gasteiger partial charge in [0.2, 0.25) is 0 Å². The lowest BCUT2D eigenvalue weighted by Crippen LogP contribution is -2.34. The van der Waals surface area contributed by atoms with Crippen molar-refractivity contribution in [1.29, 1.82) is 0 Å². The second-order valence-corrected chi connectivity index (χ2v) is 6.07. The summed E-state index contributed by atoms with van der Waals surface area (Å²) in [6.07, 6.45) is 2.44. The highest BCUT2D eigenvalue weighted by Crippen LogP contribution is 2.17. The van der Waals surface area contributed by atoms with Crippen LogP contribution in [-0.2, 0) is 13.5 Å². The maximum atomic E-state index is 12.0. The van der Waals surface area contributed by atoms with E-state index in [1.807, 2.05) is 6.92 Å². The van der Waals surface area contributed by atoms with Crippen molar-refractivity contribution in [3.8, 4) is 0 Å². The molecule has 1 unspecified atom stereocenters. The molecule has 0 fully saturated rings. The first-order valence-corrected chi connectivity index (χ1v) is 6.92. The summed E-state index contributed by atoms with van der Waals surface area (Å²) in [6, 6.07) is 4.23. The fraction of sp³-hybridized carbons (Fsp3) is 0.385. The van der Waals surface area contributed by atoms with Gasteiger partial charge in [-0.2, -0.15) is 5.10 Å². The molecule has 2 aromatic rings. The van der Waals surface area contributed by atoms with Crippen LogP contribution in [-0.4, -0.2) is 21.7 Å². The van der Waals surface area contributed by atoms with Gasteiger partial charge in [0.15, 0.2) is 5.69 Å². The van der Waals surface area contributed by atoms with Crippen molar-refractivity contribution in [2.45, 2.75) is 26.3 Å². The average molecular weight is 278 g/mol. The van der Waals surface area contributed by atoms with E-state index in [0.29, 0.717) is 5.69 Å². The first-order chi connectivity index (χ1) is 8.95. The highest BCUT2D eigenvalue weighted by Gasteiger charge is 2.16. The quantitative estimate of drug-likeness (QED) is 0.894. The summed E-state index contributed by atoms with van der Waals surface area (Å²) in [5, 5.41) is 6.98. The highest BCUT2D eigenvalue weighted by atomic mass is 32.1. The van der Waals surface area contributed by atoms with E-state index in [4.69, 9.17) is 5.73 Å². The number of carbonyl (C=O) groups excluding carboxylic acids is 1. The minimum absolute atomic E-state index is 0.0481. The van der Waals surface area contributed by atoms with Crippen molar-refractivity contribution < 1.29 is 4.79 Å². The van der Waals surface area contributed by atoms with Crippen molar-refractivity contribution in [1.82, 2.24) is 15.1 Å². The largest absolute Gasteiger partial charge is 0.396 e. The summed E-state index contributed by atoms with van der Waals surface area (Å²) in [6.45, 7) is 4.05. The van der Waals surface area contributed by atoms with Crippen molar-refractivity contribution in [3.05, 3.63) is 33.8 Å². The number of aryl methyl sites for hydroxylation is 2. The standard InChI is InChI=1S/C13H18N4OS/c1-8(6-10-5-4-9(2)19-10)15-13(18)12-11(14)7-17(3)16-12/h4-5,7-8H,6,14H2,1-3H3,(H,15,18). The number of nitrogens with zero attached hydrogens (tertiary/aromatic N) is 2. The molecule has 102 valence electrons. The van der Waals surface area contributed by atoms with Crippen LogP contribution in [0.4, 0.5) is 5.69 Å². The molecule has 5 nitrogen and oxygen atoms in total. The van der Waals surface area contributed by atoms with Crippen LogP contribution in [0.15, 0.2) is 18.3 Å². The third-order valence-electron chi connectivity index (χ3n) is 2.75. The van der Waals surface area contributed by atoms with Gasteiger partial charge in [0.1, 0.15) is 0 Å². The molecule has 0 saturated carbocycles. The summed E-state index contributed by atoms with van der Waals surface area (Å²) in [7, 11) is 1.74. The number of nitrogens with one attached hydrogen (secondary N) is 1. The van der Waals surface area contributed by atoms with E-state index in [-0.39, 0.29) is 17.6 Å². The monoisotopic (exact) mass is 278 g/mol. The van der Waals surface area contributed by atoms with Crippen LogP contribution < -0.4 is 11.1 Å². The van der Waals surface area contributed by atoms with Crippen LogP contribution >= 0.6 is 11.3 Å². The van der Waals surface area contributed by atoms with Crippen molar-refractivity contribution in [3.63, 3.8) is 0 Å². The van der Waals surface area contributed by atoms with Crippen LogP contribution in [0.5, 0.6) is 0 Å². The van der Waals surface area contributed by atoms with Gasteiger partial charge in [0.25, 0.3) is 5.91 Å². The second kappa shape index (κ2) is 5.44. The third kappa shape index (κ3) is 3.35. The number of aromatic nitrogens is 2. The molecule has 2 rings (SSSR count). The van der Waals surface area contributed by atoms with Gasteiger partial charge in [0, 0.05) is 35.5 Å². The van der Waals surface area contributed by atoms with Crippen LogP contribution in [0, 0.1) is 6.92 Å². The van der Waals surface area contributed by atoms with Gasteiger partial charge in [-0.15, -0.1) is 11.3 Å². The SMILES string of the molecule is Cc1ccc(CC(C)NC(=O)c2nn(C)cc2N)s1. The Morgan fingerprint density at radius 1 is 1.58 bits per heavy atom. The van der Waals surface area contributed by atoms with Gasteiger partial charge in [-0.25, -0.2) is 0 Å². The summed E-state index contributed by atoms with van der Waals surface area (Å²) >= 11 is 1.75. The number of nitrogens with two attached hydrogens (primary N) is 1. The molecule has 0 aliphatic rings. The molecule has 0 spiro atoms. The zero-order chi connectivity index (χ0) is 14.0. The molecule has 0 aliphatic heterocycles. The Morgan fingerprint density at radius 3 is 2.84 bits per heavy atom. The molecule has 1 atom stereocenters. The van der Waals surface area contributed by atoms with Gasteiger partial charge in [-0.05, 0) is 26.0 Å². The van der Waals surface area contributed by atoms with Crippen LogP contribution in [0.2, 0.25) is 0 Å². The Hall–Kier alpha value is -1.82. The number of hydrogen-bond acceptors (Lipinski definition) is 4. The summed E-state index contributed by atoms with van der Waals surface area (Å²) in [5.74, 6) is -0.223. The Morgan fingerprint density at radius 2 is 2.32 bits per heavy atom. The predicted octanol–water partition coefficient (Wildman–Crippen LogP) is 1.73. The van der Waals surface area contributed by atoms with Gasteiger partial charge in [0.05, 0.1) is 5.69 Å². The molecule has 0 aromatic carbocycles. The number of amides is 1. The molecule has 1 amide bonds. The van der Waals surface area contributed by atoms with Gasteiger partial charge in [-0.1, -0.05) is 0 Å². The normalized spacial score (nSPS) is 12.4. The van der Waals surface area contributed by atoms with Crippen molar-refractivity contribution in [2.24, 2.45) is 7.05 Å². The lowest BCUT2D eigenvalue weighted by atomic mass is 10.2. The summed E-state index contributed by atoms with van der Waals surface area (Å²) in [5.41, 5.74) is 6.42. The number of hydrogen-bond donors (Lipinski definition) is 2. The second-order valence-electron chi connectivity index (χ2n) is 4.70. The fourth-order valence-corrected chi connectivity index (χ4v) is 2.94. The molecule has 2 heterocycles. The smallest absolute Gasteiger partial charge is 0.274 e. The molecule has 3 N–H and O–H groups in total. The number of thiophene rings is 1. The first kappa shape index (κ1) is 13.6. The zero-order valence-electron chi connectivity index (χ0n) is 11.3. The van der Waals surface area contributed by atoms with E-state index in [0.717, 1.165) is 6.42 Å². The van der Waals surface area contributed by atoms with Crippen LogP contribution in [0.25, 0.3) is 0 Å². The van der Waals surface area contributed by atoms with Gasteiger partial charge >= 0.3 is 0 Å². The highest BCUT2D eigenvalue weighted by molar-refractivity contribution is 7.11. The minimum atomic E-state index is -0.223. The zero-order valence-corrected chi connectivity index (χ0v) is 12.1. The van der Waals surface area contributed by atoms with E-state index >= 15 is 0 Å². The Kier molecular flexibility index (Phi) is 3.90. The average Bonchev–Trinajstić information content (AvgIpc) is 2.84. The summed E-state index contributed by atoms with van der Waals surface area (Å²) in [4.78, 5) is 14.6. The fourth-order valence-electron chi connectivity index (χ4n) is 1.92. The van der Waals surface area contributed by atoms with Crippen molar-refractivity contribution in [2.75, 3.05) is 5.73 Å². The Bertz CT molecular complexity index is 587. The van der Waals surface area contributed by atoms with Crippen molar-refractivity contribution >= 4 is 22.9 Å². The molecule has 0 saturated heterocycles. The molecular formula is C13H18N4OS. The summed E-state index contributed by atoms with van der Waals surface area (Å²) < 4.78 is 1.54. The molecule has 6 heteroatoms. The maximum Gasteiger partial charge on any atom is 0.274 e. The minimum Gasteiger partial charge on any atom is -0.396 e. The molecule has 19 heavy (non-hydrogen) atoms. The molecule has 2 aromatic heterocycles. The number of nitrogen functional groups attached to an aromatic ring is 1. The van der Waals surface area contributed by atoms with E-state index in [1.54, 1.807) is 24.6 Å².